The second-order valence-corrected chi connectivity index (χ2v) is 8.45. The van der Waals surface area contributed by atoms with Crippen LogP contribution in [0.5, 0.6) is 0 Å². The van der Waals surface area contributed by atoms with Crippen molar-refractivity contribution in [3.63, 3.8) is 0 Å². The van der Waals surface area contributed by atoms with Gasteiger partial charge in [0, 0.05) is 43.7 Å². The fraction of sp³-hybridized carbons (Fsp3) is 0.214. The van der Waals surface area contributed by atoms with Gasteiger partial charge >= 0.3 is 6.03 Å². The van der Waals surface area contributed by atoms with E-state index in [4.69, 9.17) is 10.00 Å². The molecule has 0 radical (unpaired) electrons. The average Bonchev–Trinajstić information content (AvgIpc) is 3.26. The van der Waals surface area contributed by atoms with Crippen LogP contribution in [0.1, 0.15) is 29.3 Å². The van der Waals surface area contributed by atoms with Crippen LogP contribution in [0.4, 0.5) is 26.5 Å². The third-order valence-electron chi connectivity index (χ3n) is 5.86. The number of hydrogen-bond acceptors (Lipinski definition) is 5. The number of imidazole rings is 1. The van der Waals surface area contributed by atoms with Crippen LogP contribution >= 0.6 is 0 Å². The zero-order chi connectivity index (χ0) is 27.1. The molecule has 2 N–H and O–H groups in total. The van der Waals surface area contributed by atoms with E-state index in [1.54, 1.807) is 43.4 Å². The maximum atomic E-state index is 13.3. The van der Waals surface area contributed by atoms with Gasteiger partial charge in [-0.1, -0.05) is 6.07 Å². The van der Waals surface area contributed by atoms with Gasteiger partial charge in [-0.3, -0.25) is 10.1 Å². The first-order chi connectivity index (χ1) is 18.4. The Morgan fingerprint density at radius 3 is 2.63 bits per heavy atom. The summed E-state index contributed by atoms with van der Waals surface area (Å²) in [6, 6.07) is 18.9. The van der Waals surface area contributed by atoms with Crippen LogP contribution in [-0.2, 0) is 11.3 Å². The Bertz CT molecular complexity index is 1490. The Morgan fingerprint density at radius 2 is 1.89 bits per heavy atom. The highest BCUT2D eigenvalue weighted by Crippen LogP contribution is 2.26. The van der Waals surface area contributed by atoms with Crippen LogP contribution in [0, 0.1) is 17.1 Å². The summed E-state index contributed by atoms with van der Waals surface area (Å²) in [7, 11) is 1.63. The number of urea groups is 1. The van der Waals surface area contributed by atoms with Gasteiger partial charge in [0.15, 0.2) is 0 Å². The molecule has 3 amide bonds. The highest BCUT2D eigenvalue weighted by atomic mass is 19.1. The summed E-state index contributed by atoms with van der Waals surface area (Å²) >= 11 is 0. The summed E-state index contributed by atoms with van der Waals surface area (Å²) in [4.78, 5) is 31.8. The lowest BCUT2D eigenvalue weighted by atomic mass is 10.2. The first kappa shape index (κ1) is 26.3. The number of carbonyl (C=O) groups is 2. The largest absolute Gasteiger partial charge is 0.382 e. The second-order valence-electron chi connectivity index (χ2n) is 8.45. The molecule has 0 atom stereocenters. The number of nitrogens with zero attached hydrogens (tertiary/aromatic N) is 4. The lowest BCUT2D eigenvalue weighted by Gasteiger charge is -2.17. The number of rotatable bonds is 9. The van der Waals surface area contributed by atoms with E-state index in [2.05, 4.69) is 15.6 Å². The van der Waals surface area contributed by atoms with Crippen LogP contribution in [0.3, 0.4) is 0 Å². The van der Waals surface area contributed by atoms with Gasteiger partial charge in [-0.15, -0.1) is 0 Å². The number of ether oxygens (including phenoxy) is 1. The number of aromatic nitrogens is 2. The van der Waals surface area contributed by atoms with Crippen molar-refractivity contribution in [2.75, 3.05) is 35.8 Å². The van der Waals surface area contributed by atoms with Gasteiger partial charge in [0.05, 0.1) is 22.7 Å². The molecule has 0 bridgehead atoms. The summed E-state index contributed by atoms with van der Waals surface area (Å²) in [5.41, 5.74) is 3.21. The molecule has 3 aromatic carbocycles. The zero-order valence-corrected chi connectivity index (χ0v) is 21.1. The van der Waals surface area contributed by atoms with Gasteiger partial charge in [0.1, 0.15) is 5.82 Å². The molecule has 1 heterocycles. The Hall–Kier alpha value is -4.75. The van der Waals surface area contributed by atoms with Crippen LogP contribution in [0.25, 0.3) is 11.0 Å². The van der Waals surface area contributed by atoms with Crippen molar-refractivity contribution < 1.29 is 18.7 Å². The molecule has 4 aromatic rings. The number of nitrogens with one attached hydrogen (secondary N) is 2. The SMILES string of the molecule is CCOCCCn1c(NC(=O)Nc2cccc(C#N)c2)nc2cc(N(C)C(=O)c3ccc(F)cc3)ccc21. The number of halogens is 1. The van der Waals surface area contributed by atoms with Crippen LogP contribution in [0.2, 0.25) is 0 Å². The highest BCUT2D eigenvalue weighted by molar-refractivity contribution is 6.06. The van der Waals surface area contributed by atoms with Crippen LogP contribution < -0.4 is 15.5 Å². The molecule has 0 unspecified atom stereocenters. The summed E-state index contributed by atoms with van der Waals surface area (Å²) in [5, 5.41) is 14.6. The molecule has 0 spiro atoms. The molecule has 0 saturated heterocycles. The van der Waals surface area contributed by atoms with Crippen molar-refractivity contribution in [1.29, 1.82) is 5.26 Å². The first-order valence-corrected chi connectivity index (χ1v) is 12.1. The van der Waals surface area contributed by atoms with E-state index in [0.717, 1.165) is 5.52 Å². The lowest BCUT2D eigenvalue weighted by molar-refractivity contribution is 0.0993. The molecule has 0 aliphatic heterocycles. The summed E-state index contributed by atoms with van der Waals surface area (Å²) < 4.78 is 20.6. The van der Waals surface area contributed by atoms with Crippen molar-refractivity contribution in [1.82, 2.24) is 9.55 Å². The number of nitriles is 1. The highest BCUT2D eigenvalue weighted by Gasteiger charge is 2.18. The third-order valence-corrected chi connectivity index (χ3v) is 5.86. The van der Waals surface area contributed by atoms with Gasteiger partial charge < -0.3 is 19.5 Å². The van der Waals surface area contributed by atoms with E-state index in [1.807, 2.05) is 23.6 Å². The molecule has 38 heavy (non-hydrogen) atoms. The van der Waals surface area contributed by atoms with Gasteiger partial charge in [-0.05, 0) is 74.0 Å². The van der Waals surface area contributed by atoms with Crippen molar-refractivity contribution in [3.8, 4) is 6.07 Å². The van der Waals surface area contributed by atoms with E-state index >= 15 is 0 Å². The molecule has 194 valence electrons. The summed E-state index contributed by atoms with van der Waals surface area (Å²) in [6.07, 6.45) is 0.699. The number of hydrogen-bond donors (Lipinski definition) is 2. The fourth-order valence-corrected chi connectivity index (χ4v) is 3.95. The molecule has 0 saturated carbocycles. The number of anilines is 3. The molecule has 9 nitrogen and oxygen atoms in total. The fourth-order valence-electron chi connectivity index (χ4n) is 3.95. The monoisotopic (exact) mass is 514 g/mol. The number of amides is 3. The van der Waals surface area contributed by atoms with Crippen molar-refractivity contribution in [2.45, 2.75) is 19.9 Å². The normalized spacial score (nSPS) is 10.7. The van der Waals surface area contributed by atoms with Gasteiger partial charge in [-0.2, -0.15) is 5.26 Å². The Morgan fingerprint density at radius 1 is 1.11 bits per heavy atom. The third kappa shape index (κ3) is 6.14. The van der Waals surface area contributed by atoms with Crippen molar-refractivity contribution in [3.05, 3.63) is 83.7 Å². The number of fused-ring (bicyclic) bond motifs is 1. The molecular weight excluding hydrogens is 487 g/mol. The smallest absolute Gasteiger partial charge is 0.326 e. The first-order valence-electron chi connectivity index (χ1n) is 12.1. The summed E-state index contributed by atoms with van der Waals surface area (Å²) in [6.45, 7) is 3.63. The maximum Gasteiger partial charge on any atom is 0.326 e. The molecular formula is C28H27FN6O3. The Kier molecular flexibility index (Phi) is 8.30. The Labute approximate surface area is 219 Å². The maximum absolute atomic E-state index is 13.3. The van der Waals surface area contributed by atoms with Crippen LogP contribution in [0.15, 0.2) is 66.7 Å². The number of benzene rings is 3. The van der Waals surface area contributed by atoms with Gasteiger partial charge in [0.25, 0.3) is 5.91 Å². The minimum atomic E-state index is -0.509. The van der Waals surface area contributed by atoms with Crippen molar-refractivity contribution in [2.24, 2.45) is 0 Å². The average molecular weight is 515 g/mol. The van der Waals surface area contributed by atoms with Gasteiger partial charge in [-0.25, -0.2) is 14.2 Å². The standard InChI is InChI=1S/C28H27FN6O3/c1-3-38-15-5-14-35-25-13-12-23(34(2)26(36)20-8-10-21(29)11-9-20)17-24(25)32-27(35)33-28(37)31-22-7-4-6-19(16-22)18-30/h4,6-13,16-17H,3,5,14-15H2,1-2H3,(H2,31,32,33,37). The molecule has 10 heteroatoms. The van der Waals surface area contributed by atoms with Gasteiger partial charge in [0.2, 0.25) is 5.95 Å². The molecule has 4 rings (SSSR count). The molecule has 0 fully saturated rings. The van der Waals surface area contributed by atoms with E-state index in [0.29, 0.717) is 60.1 Å². The minimum Gasteiger partial charge on any atom is -0.382 e. The molecule has 0 aliphatic carbocycles. The molecule has 1 aromatic heterocycles. The second kappa shape index (κ2) is 12.0. The predicted octanol–water partition coefficient (Wildman–Crippen LogP) is 5.39. The van der Waals surface area contributed by atoms with Crippen molar-refractivity contribution >= 4 is 40.3 Å². The number of aryl methyl sites for hydroxylation is 1. The molecule has 0 aliphatic rings. The number of carbonyl (C=O) groups excluding carboxylic acids is 2. The van der Waals surface area contributed by atoms with E-state index in [-0.39, 0.29) is 5.91 Å². The quantitative estimate of drug-likeness (QED) is 0.291. The lowest BCUT2D eigenvalue weighted by Crippen LogP contribution is -2.26. The van der Waals surface area contributed by atoms with Crippen LogP contribution in [-0.4, -0.2) is 41.8 Å². The topological polar surface area (TPSA) is 112 Å². The van der Waals surface area contributed by atoms with E-state index in [9.17, 15) is 14.0 Å². The van der Waals surface area contributed by atoms with E-state index in [1.165, 1.54) is 29.2 Å². The van der Waals surface area contributed by atoms with E-state index < -0.39 is 11.8 Å². The zero-order valence-electron chi connectivity index (χ0n) is 21.1. The summed E-state index contributed by atoms with van der Waals surface area (Å²) in [5.74, 6) is -0.379. The predicted molar refractivity (Wildman–Crippen MR) is 144 cm³/mol. The minimum absolute atomic E-state index is 0.294. The Balaban J connectivity index is 1.60.